The molecule has 0 amide bonds. The van der Waals surface area contributed by atoms with E-state index < -0.39 is 0 Å². The maximum absolute atomic E-state index is 6.21. The first-order valence-corrected chi connectivity index (χ1v) is 7.24. The van der Waals surface area contributed by atoms with Crippen molar-refractivity contribution in [3.63, 3.8) is 0 Å². The number of nitrogens with zero attached hydrogens (tertiary/aromatic N) is 2. The van der Waals surface area contributed by atoms with Gasteiger partial charge in [0.2, 0.25) is 0 Å². The van der Waals surface area contributed by atoms with E-state index in [4.69, 9.17) is 5.73 Å². The molecule has 0 aliphatic carbocycles. The second-order valence-corrected chi connectivity index (χ2v) is 5.30. The number of rotatable bonds is 6. The van der Waals surface area contributed by atoms with Crippen LogP contribution in [0.4, 0.5) is 0 Å². The van der Waals surface area contributed by atoms with Crippen molar-refractivity contribution in [2.24, 2.45) is 5.73 Å². The number of hydrogen-bond donors (Lipinski definition) is 1. The molecule has 0 aliphatic rings. The summed E-state index contributed by atoms with van der Waals surface area (Å²) in [5.74, 6) is 1.84. The fourth-order valence-corrected chi connectivity index (χ4v) is 2.73. The first-order valence-electron chi connectivity index (χ1n) is 6.25. The molecule has 1 atom stereocenters. The first-order chi connectivity index (χ1) is 8.81. The average molecular weight is 261 g/mol. The van der Waals surface area contributed by atoms with Gasteiger partial charge in [-0.25, -0.2) is 4.98 Å². The number of nitrogens with two attached hydrogens (primary N) is 1. The fourth-order valence-electron chi connectivity index (χ4n) is 1.86. The highest BCUT2D eigenvalue weighted by atomic mass is 32.2. The Labute approximate surface area is 112 Å². The lowest BCUT2D eigenvalue weighted by Gasteiger charge is -2.13. The van der Waals surface area contributed by atoms with Gasteiger partial charge < -0.3 is 10.3 Å². The Hall–Kier alpha value is -1.26. The van der Waals surface area contributed by atoms with Crippen molar-refractivity contribution in [3.05, 3.63) is 48.5 Å². The fraction of sp³-hybridized carbons (Fsp3) is 0.357. The van der Waals surface area contributed by atoms with Crippen molar-refractivity contribution < 1.29 is 0 Å². The normalized spacial score (nSPS) is 12.6. The molecule has 0 aliphatic heterocycles. The minimum Gasteiger partial charge on any atom is -0.334 e. The molecular weight excluding hydrogens is 242 g/mol. The Balaban J connectivity index is 1.95. The smallest absolute Gasteiger partial charge is 0.126 e. The maximum atomic E-state index is 6.21. The van der Waals surface area contributed by atoms with Crippen LogP contribution < -0.4 is 5.73 Å². The van der Waals surface area contributed by atoms with Gasteiger partial charge in [-0.3, -0.25) is 0 Å². The maximum Gasteiger partial charge on any atom is 0.126 e. The van der Waals surface area contributed by atoms with E-state index in [0.29, 0.717) is 0 Å². The molecule has 1 aromatic carbocycles. The van der Waals surface area contributed by atoms with Gasteiger partial charge in [-0.15, -0.1) is 11.8 Å². The summed E-state index contributed by atoms with van der Waals surface area (Å²) in [6.45, 7) is 3.15. The molecule has 0 spiro atoms. The van der Waals surface area contributed by atoms with E-state index in [-0.39, 0.29) is 6.04 Å². The van der Waals surface area contributed by atoms with Crippen LogP contribution in [0.2, 0.25) is 0 Å². The molecule has 0 saturated carbocycles. The highest BCUT2D eigenvalue weighted by Gasteiger charge is 2.12. The minimum absolute atomic E-state index is 0.0169. The zero-order valence-corrected chi connectivity index (χ0v) is 11.4. The van der Waals surface area contributed by atoms with Crippen LogP contribution in [0.5, 0.6) is 0 Å². The summed E-state index contributed by atoms with van der Waals surface area (Å²) in [6, 6.07) is 10.3. The van der Waals surface area contributed by atoms with Crippen molar-refractivity contribution in [1.29, 1.82) is 0 Å². The molecule has 3 nitrogen and oxygen atoms in total. The summed E-state index contributed by atoms with van der Waals surface area (Å²) in [5.41, 5.74) is 6.21. The van der Waals surface area contributed by atoms with Crippen LogP contribution in [0, 0.1) is 0 Å². The highest BCUT2D eigenvalue weighted by Crippen LogP contribution is 2.22. The molecule has 1 aromatic heterocycles. The van der Waals surface area contributed by atoms with Crippen molar-refractivity contribution in [2.75, 3.05) is 5.75 Å². The Morgan fingerprint density at radius 3 is 2.83 bits per heavy atom. The van der Waals surface area contributed by atoms with E-state index in [0.717, 1.165) is 24.5 Å². The van der Waals surface area contributed by atoms with Crippen LogP contribution in [0.1, 0.15) is 25.2 Å². The Bertz CT molecular complexity index is 467. The van der Waals surface area contributed by atoms with Gasteiger partial charge in [0.25, 0.3) is 0 Å². The van der Waals surface area contributed by atoms with Gasteiger partial charge in [-0.05, 0) is 18.6 Å². The molecule has 1 heterocycles. The third-order valence-corrected chi connectivity index (χ3v) is 3.85. The van der Waals surface area contributed by atoms with Gasteiger partial charge in [-0.1, -0.05) is 25.1 Å². The van der Waals surface area contributed by atoms with Crippen LogP contribution in [0.15, 0.2) is 47.6 Å². The van der Waals surface area contributed by atoms with E-state index in [2.05, 4.69) is 28.6 Å². The van der Waals surface area contributed by atoms with E-state index in [1.807, 2.05) is 30.6 Å². The van der Waals surface area contributed by atoms with Crippen LogP contribution in [-0.4, -0.2) is 15.3 Å². The SMILES string of the molecule is CCCn1ccnc1C(N)CSc1ccccc1. The number of aryl methyl sites for hydroxylation is 1. The summed E-state index contributed by atoms with van der Waals surface area (Å²) >= 11 is 1.78. The average Bonchev–Trinajstić information content (AvgIpc) is 2.86. The number of benzene rings is 1. The zero-order valence-electron chi connectivity index (χ0n) is 10.6. The van der Waals surface area contributed by atoms with Crippen LogP contribution in [0.3, 0.4) is 0 Å². The predicted molar refractivity (Wildman–Crippen MR) is 76.6 cm³/mol. The van der Waals surface area contributed by atoms with E-state index in [1.165, 1.54) is 4.90 Å². The van der Waals surface area contributed by atoms with Crippen molar-refractivity contribution in [1.82, 2.24) is 9.55 Å². The summed E-state index contributed by atoms with van der Waals surface area (Å²) in [6.07, 6.45) is 4.94. The number of hydrogen-bond acceptors (Lipinski definition) is 3. The minimum atomic E-state index is -0.0169. The molecule has 2 N–H and O–H groups in total. The summed E-state index contributed by atoms with van der Waals surface area (Å²) in [7, 11) is 0. The number of thioether (sulfide) groups is 1. The molecule has 96 valence electrons. The van der Waals surface area contributed by atoms with Crippen molar-refractivity contribution in [3.8, 4) is 0 Å². The molecule has 0 saturated heterocycles. The molecule has 1 unspecified atom stereocenters. The summed E-state index contributed by atoms with van der Waals surface area (Å²) < 4.78 is 2.15. The molecule has 0 bridgehead atoms. The van der Waals surface area contributed by atoms with Gasteiger partial charge in [0.1, 0.15) is 5.82 Å². The van der Waals surface area contributed by atoms with Gasteiger partial charge in [-0.2, -0.15) is 0 Å². The quantitative estimate of drug-likeness (QED) is 0.813. The van der Waals surface area contributed by atoms with Gasteiger partial charge in [0.05, 0.1) is 6.04 Å². The van der Waals surface area contributed by atoms with Gasteiger partial charge in [0.15, 0.2) is 0 Å². The lowest BCUT2D eigenvalue weighted by molar-refractivity contribution is 0.603. The van der Waals surface area contributed by atoms with Gasteiger partial charge >= 0.3 is 0 Å². The van der Waals surface area contributed by atoms with Crippen LogP contribution in [-0.2, 0) is 6.54 Å². The lowest BCUT2D eigenvalue weighted by Crippen LogP contribution is -2.18. The largest absolute Gasteiger partial charge is 0.334 e. The molecule has 0 fully saturated rings. The lowest BCUT2D eigenvalue weighted by atomic mass is 10.3. The summed E-state index contributed by atoms with van der Waals surface area (Å²) in [4.78, 5) is 5.62. The Kier molecular flexibility index (Phi) is 4.84. The van der Waals surface area contributed by atoms with E-state index >= 15 is 0 Å². The molecule has 0 radical (unpaired) electrons. The second-order valence-electron chi connectivity index (χ2n) is 4.21. The predicted octanol–water partition coefficient (Wildman–Crippen LogP) is 3.09. The monoisotopic (exact) mass is 261 g/mol. The van der Waals surface area contributed by atoms with Crippen LogP contribution in [0.25, 0.3) is 0 Å². The number of imidazole rings is 1. The molecule has 4 heteroatoms. The van der Waals surface area contributed by atoms with E-state index in [9.17, 15) is 0 Å². The second kappa shape index (κ2) is 6.61. The third-order valence-electron chi connectivity index (χ3n) is 2.72. The molecule has 18 heavy (non-hydrogen) atoms. The topological polar surface area (TPSA) is 43.8 Å². The molecular formula is C14H19N3S. The van der Waals surface area contributed by atoms with Crippen molar-refractivity contribution >= 4 is 11.8 Å². The zero-order chi connectivity index (χ0) is 12.8. The highest BCUT2D eigenvalue weighted by molar-refractivity contribution is 7.99. The summed E-state index contributed by atoms with van der Waals surface area (Å²) in [5, 5.41) is 0. The molecule has 2 rings (SSSR count). The van der Waals surface area contributed by atoms with Crippen LogP contribution >= 0.6 is 11.8 Å². The number of aromatic nitrogens is 2. The van der Waals surface area contributed by atoms with E-state index in [1.54, 1.807) is 11.8 Å². The standard InChI is InChI=1S/C14H19N3S/c1-2-9-17-10-8-16-14(17)13(15)11-18-12-6-4-3-5-7-12/h3-8,10,13H,2,9,11,15H2,1H3. The Morgan fingerprint density at radius 2 is 2.11 bits per heavy atom. The van der Waals surface area contributed by atoms with Gasteiger partial charge in [0, 0.05) is 29.6 Å². The first kappa shape index (κ1) is 13.2. The third kappa shape index (κ3) is 3.37. The van der Waals surface area contributed by atoms with Crippen molar-refractivity contribution in [2.45, 2.75) is 30.8 Å². The molecule has 2 aromatic rings. The Morgan fingerprint density at radius 1 is 1.33 bits per heavy atom.